The van der Waals surface area contributed by atoms with Gasteiger partial charge in [-0.3, -0.25) is 9.59 Å². The maximum atomic E-state index is 12.4. The third-order valence-electron chi connectivity index (χ3n) is 3.81. The molecule has 6 nitrogen and oxygen atoms in total. The van der Waals surface area contributed by atoms with Gasteiger partial charge in [0.15, 0.2) is 0 Å². The molecule has 0 saturated carbocycles. The van der Waals surface area contributed by atoms with Crippen molar-refractivity contribution in [2.75, 3.05) is 46.9 Å². The number of esters is 1. The van der Waals surface area contributed by atoms with Gasteiger partial charge in [-0.1, -0.05) is 0 Å². The highest BCUT2D eigenvalue weighted by molar-refractivity contribution is 5.79. The number of rotatable bonds is 3. The van der Waals surface area contributed by atoms with Crippen molar-refractivity contribution in [3.05, 3.63) is 0 Å². The third-order valence-corrected chi connectivity index (χ3v) is 3.81. The number of hydrogen-bond donors (Lipinski definition) is 0. The van der Waals surface area contributed by atoms with E-state index >= 15 is 0 Å². The maximum Gasteiger partial charge on any atom is 0.308 e. The van der Waals surface area contributed by atoms with Gasteiger partial charge in [0, 0.05) is 19.6 Å². The molecule has 0 bridgehead atoms. The van der Waals surface area contributed by atoms with Crippen LogP contribution in [0.2, 0.25) is 0 Å². The topological polar surface area (TPSA) is 59.1 Å². The fraction of sp³-hybridized carbons (Fsp3) is 0.846. The number of hydrogen-bond acceptors (Lipinski definition) is 5. The second-order valence-electron chi connectivity index (χ2n) is 5.31. The average molecular weight is 270 g/mol. The lowest BCUT2D eigenvalue weighted by atomic mass is 10.1. The van der Waals surface area contributed by atoms with Gasteiger partial charge in [0.25, 0.3) is 0 Å². The standard InChI is InChI=1S/C13H22N2O4/c1-14-4-3-10(8-14)13(17)15-5-6-19-11(9-15)7-12(16)18-2/h10-11H,3-9H2,1-2H3. The van der Waals surface area contributed by atoms with Crippen LogP contribution in [0, 0.1) is 5.92 Å². The van der Waals surface area contributed by atoms with Crippen molar-refractivity contribution in [2.45, 2.75) is 18.9 Å². The molecule has 0 radical (unpaired) electrons. The van der Waals surface area contributed by atoms with Gasteiger partial charge >= 0.3 is 5.97 Å². The molecule has 0 aromatic rings. The third kappa shape index (κ3) is 3.67. The Morgan fingerprint density at radius 1 is 1.32 bits per heavy atom. The Balaban J connectivity index is 1.86. The molecule has 2 aliphatic rings. The monoisotopic (exact) mass is 270 g/mol. The van der Waals surface area contributed by atoms with Crippen molar-refractivity contribution >= 4 is 11.9 Å². The smallest absolute Gasteiger partial charge is 0.308 e. The number of likely N-dealkylation sites (tertiary alicyclic amines) is 1. The molecule has 6 heteroatoms. The molecule has 2 saturated heterocycles. The molecule has 0 spiro atoms. The number of ether oxygens (including phenoxy) is 2. The van der Waals surface area contributed by atoms with Gasteiger partial charge in [0.05, 0.1) is 32.2 Å². The Kier molecular flexibility index (Phi) is 4.76. The SMILES string of the molecule is COC(=O)CC1CN(C(=O)C2CCN(C)C2)CCO1. The minimum atomic E-state index is -0.292. The summed E-state index contributed by atoms with van der Waals surface area (Å²) in [5.74, 6) is 0.00397. The Hall–Kier alpha value is -1.14. The van der Waals surface area contributed by atoms with Crippen LogP contribution in [0.5, 0.6) is 0 Å². The van der Waals surface area contributed by atoms with Crippen molar-refractivity contribution in [1.29, 1.82) is 0 Å². The van der Waals surface area contributed by atoms with Gasteiger partial charge in [-0.2, -0.15) is 0 Å². The highest BCUT2D eigenvalue weighted by atomic mass is 16.5. The predicted molar refractivity (Wildman–Crippen MR) is 68.6 cm³/mol. The lowest BCUT2D eigenvalue weighted by molar-refractivity contribution is -0.151. The van der Waals surface area contributed by atoms with E-state index in [1.165, 1.54) is 7.11 Å². The molecule has 1 amide bonds. The van der Waals surface area contributed by atoms with Crippen LogP contribution >= 0.6 is 0 Å². The summed E-state index contributed by atoms with van der Waals surface area (Å²) in [6.07, 6.45) is 0.906. The first-order valence-electron chi connectivity index (χ1n) is 6.76. The van der Waals surface area contributed by atoms with E-state index < -0.39 is 0 Å². The summed E-state index contributed by atoms with van der Waals surface area (Å²) >= 11 is 0. The van der Waals surface area contributed by atoms with E-state index in [0.29, 0.717) is 19.7 Å². The number of amides is 1. The van der Waals surface area contributed by atoms with Crippen LogP contribution in [0.15, 0.2) is 0 Å². The highest BCUT2D eigenvalue weighted by Crippen LogP contribution is 2.19. The van der Waals surface area contributed by atoms with Gasteiger partial charge < -0.3 is 19.3 Å². The second kappa shape index (κ2) is 6.34. The number of carbonyl (C=O) groups excluding carboxylic acids is 2. The Morgan fingerprint density at radius 3 is 2.74 bits per heavy atom. The molecule has 0 aromatic carbocycles. The summed E-state index contributed by atoms with van der Waals surface area (Å²) in [4.78, 5) is 27.6. The summed E-state index contributed by atoms with van der Waals surface area (Å²) in [6.45, 7) is 3.42. The first kappa shape index (κ1) is 14.3. The van der Waals surface area contributed by atoms with E-state index in [0.717, 1.165) is 19.5 Å². The first-order chi connectivity index (χ1) is 9.10. The fourth-order valence-electron chi connectivity index (χ4n) is 2.71. The van der Waals surface area contributed by atoms with Crippen LogP contribution in [0.1, 0.15) is 12.8 Å². The molecule has 108 valence electrons. The van der Waals surface area contributed by atoms with Gasteiger partial charge in [0.2, 0.25) is 5.91 Å². The van der Waals surface area contributed by atoms with Crippen molar-refractivity contribution < 1.29 is 19.1 Å². The minimum Gasteiger partial charge on any atom is -0.469 e. The van der Waals surface area contributed by atoms with Crippen LogP contribution in [0.25, 0.3) is 0 Å². The van der Waals surface area contributed by atoms with Crippen molar-refractivity contribution in [3.8, 4) is 0 Å². The van der Waals surface area contributed by atoms with Crippen LogP contribution in [-0.2, 0) is 19.1 Å². The molecular formula is C13H22N2O4. The Bertz CT molecular complexity index is 348. The summed E-state index contributed by atoms with van der Waals surface area (Å²) in [6, 6.07) is 0. The van der Waals surface area contributed by atoms with Crippen molar-refractivity contribution in [3.63, 3.8) is 0 Å². The first-order valence-corrected chi connectivity index (χ1v) is 6.76. The maximum absolute atomic E-state index is 12.4. The van der Waals surface area contributed by atoms with Crippen molar-refractivity contribution in [2.24, 2.45) is 5.92 Å². The van der Waals surface area contributed by atoms with E-state index in [-0.39, 0.29) is 30.3 Å². The number of methoxy groups -OCH3 is 1. The molecule has 19 heavy (non-hydrogen) atoms. The summed E-state index contributed by atoms with van der Waals surface area (Å²) < 4.78 is 10.1. The number of carbonyl (C=O) groups is 2. The zero-order chi connectivity index (χ0) is 13.8. The van der Waals surface area contributed by atoms with E-state index in [1.54, 1.807) is 0 Å². The lowest BCUT2D eigenvalue weighted by Gasteiger charge is -2.34. The van der Waals surface area contributed by atoms with Crippen LogP contribution in [0.3, 0.4) is 0 Å². The van der Waals surface area contributed by atoms with Gasteiger partial charge in [-0.15, -0.1) is 0 Å². The predicted octanol–water partition coefficient (Wildman–Crippen LogP) is -0.271. The second-order valence-corrected chi connectivity index (χ2v) is 5.31. The minimum absolute atomic E-state index is 0.0990. The molecule has 0 aromatic heterocycles. The Labute approximate surface area is 113 Å². The molecule has 2 atom stereocenters. The van der Waals surface area contributed by atoms with E-state index in [9.17, 15) is 9.59 Å². The van der Waals surface area contributed by atoms with Gasteiger partial charge in [0.1, 0.15) is 0 Å². The molecule has 2 heterocycles. The quantitative estimate of drug-likeness (QED) is 0.661. The normalized spacial score (nSPS) is 28.4. The number of nitrogens with zero attached hydrogens (tertiary/aromatic N) is 2. The summed E-state index contributed by atoms with van der Waals surface area (Å²) in [5.41, 5.74) is 0. The van der Waals surface area contributed by atoms with Crippen LogP contribution in [-0.4, -0.2) is 74.7 Å². The molecule has 0 N–H and O–H groups in total. The molecule has 2 rings (SSSR count). The zero-order valence-corrected chi connectivity index (χ0v) is 11.6. The highest BCUT2D eigenvalue weighted by Gasteiger charge is 2.33. The number of morpholine rings is 1. The Morgan fingerprint density at radius 2 is 2.11 bits per heavy atom. The zero-order valence-electron chi connectivity index (χ0n) is 11.6. The molecule has 2 fully saturated rings. The fourth-order valence-corrected chi connectivity index (χ4v) is 2.71. The average Bonchev–Trinajstić information content (AvgIpc) is 2.84. The van der Waals surface area contributed by atoms with Crippen LogP contribution < -0.4 is 0 Å². The summed E-state index contributed by atoms with van der Waals surface area (Å²) in [5, 5.41) is 0. The largest absolute Gasteiger partial charge is 0.469 e. The van der Waals surface area contributed by atoms with Gasteiger partial charge in [-0.25, -0.2) is 0 Å². The molecular weight excluding hydrogens is 248 g/mol. The van der Waals surface area contributed by atoms with E-state index in [1.807, 2.05) is 11.9 Å². The summed E-state index contributed by atoms with van der Waals surface area (Å²) in [7, 11) is 3.40. The van der Waals surface area contributed by atoms with E-state index in [2.05, 4.69) is 9.64 Å². The molecule has 0 aliphatic carbocycles. The van der Waals surface area contributed by atoms with Crippen molar-refractivity contribution in [1.82, 2.24) is 9.80 Å². The van der Waals surface area contributed by atoms with Gasteiger partial charge in [-0.05, 0) is 20.0 Å². The molecule has 2 unspecified atom stereocenters. The molecule has 2 aliphatic heterocycles. The lowest BCUT2D eigenvalue weighted by Crippen LogP contribution is -2.48. The van der Waals surface area contributed by atoms with E-state index in [4.69, 9.17) is 4.74 Å². The van der Waals surface area contributed by atoms with Crippen LogP contribution in [0.4, 0.5) is 0 Å².